The number of fused-ring (bicyclic) bond motifs is 1. The van der Waals surface area contributed by atoms with Crippen molar-refractivity contribution < 1.29 is 13.5 Å². The van der Waals surface area contributed by atoms with Crippen molar-refractivity contribution in [3.63, 3.8) is 0 Å². The molecule has 4 rings (SSSR count). The lowest BCUT2D eigenvalue weighted by molar-refractivity contribution is -0.0498. The number of hydrogen-bond acceptors (Lipinski definition) is 1. The lowest BCUT2D eigenvalue weighted by atomic mass is 9.77. The van der Waals surface area contributed by atoms with Crippen LogP contribution in [0.3, 0.4) is 0 Å². The standard InChI is InChI=1S/C26H28F2O/c1-2-3-18-4-6-19(7-5-18)21-8-10-24-17-22(9-11-23(24)16-21)20-12-14-25(15-13-20)29-26(27)28/h8-19,26H,2-7H2,1H3. The van der Waals surface area contributed by atoms with E-state index in [-0.39, 0.29) is 5.75 Å². The third-order valence-electron chi connectivity index (χ3n) is 6.29. The van der Waals surface area contributed by atoms with Gasteiger partial charge in [0, 0.05) is 0 Å². The van der Waals surface area contributed by atoms with Gasteiger partial charge in [-0.3, -0.25) is 0 Å². The minimum atomic E-state index is -2.79. The molecule has 1 nitrogen and oxygen atoms in total. The maximum atomic E-state index is 12.3. The summed E-state index contributed by atoms with van der Waals surface area (Å²) >= 11 is 0. The van der Waals surface area contributed by atoms with E-state index < -0.39 is 6.61 Å². The maximum Gasteiger partial charge on any atom is 0.387 e. The first-order valence-electron chi connectivity index (χ1n) is 10.7. The molecular formula is C26H28F2O. The Hall–Kier alpha value is -2.42. The summed E-state index contributed by atoms with van der Waals surface area (Å²) in [5.41, 5.74) is 3.54. The predicted molar refractivity (Wildman–Crippen MR) is 116 cm³/mol. The van der Waals surface area contributed by atoms with E-state index >= 15 is 0 Å². The Bertz CT molecular complexity index is 941. The van der Waals surface area contributed by atoms with Crippen LogP contribution >= 0.6 is 0 Å². The lowest BCUT2D eigenvalue weighted by Gasteiger charge is -2.28. The molecule has 152 valence electrons. The molecule has 0 atom stereocenters. The highest BCUT2D eigenvalue weighted by Gasteiger charge is 2.21. The highest BCUT2D eigenvalue weighted by atomic mass is 19.3. The first kappa shape index (κ1) is 19.9. The molecule has 0 spiro atoms. The molecule has 3 heteroatoms. The molecule has 1 saturated carbocycles. The molecule has 0 unspecified atom stereocenters. The van der Waals surface area contributed by atoms with E-state index in [4.69, 9.17) is 0 Å². The Kier molecular flexibility index (Phi) is 6.13. The van der Waals surface area contributed by atoms with E-state index in [1.54, 1.807) is 12.1 Å². The summed E-state index contributed by atoms with van der Waals surface area (Å²) in [5.74, 6) is 1.80. The summed E-state index contributed by atoms with van der Waals surface area (Å²) in [7, 11) is 0. The van der Waals surface area contributed by atoms with E-state index in [0.29, 0.717) is 5.92 Å². The van der Waals surface area contributed by atoms with Crippen LogP contribution in [0, 0.1) is 5.92 Å². The number of halogens is 2. The van der Waals surface area contributed by atoms with Crippen LogP contribution in [0.15, 0.2) is 60.7 Å². The van der Waals surface area contributed by atoms with Gasteiger partial charge in [-0.15, -0.1) is 0 Å². The van der Waals surface area contributed by atoms with Gasteiger partial charge in [0.25, 0.3) is 0 Å². The summed E-state index contributed by atoms with van der Waals surface area (Å²) in [6.45, 7) is -0.507. The van der Waals surface area contributed by atoms with E-state index in [9.17, 15) is 8.78 Å². The Labute approximate surface area is 171 Å². The van der Waals surface area contributed by atoms with E-state index in [1.165, 1.54) is 54.9 Å². The van der Waals surface area contributed by atoms with Crippen molar-refractivity contribution in [2.45, 2.75) is 58.0 Å². The van der Waals surface area contributed by atoms with E-state index in [0.717, 1.165) is 17.0 Å². The fourth-order valence-electron chi connectivity index (χ4n) is 4.72. The molecule has 0 amide bonds. The minimum absolute atomic E-state index is 0.183. The topological polar surface area (TPSA) is 9.23 Å². The molecule has 0 saturated heterocycles. The second-order valence-electron chi connectivity index (χ2n) is 8.23. The zero-order valence-electron chi connectivity index (χ0n) is 16.9. The summed E-state index contributed by atoms with van der Waals surface area (Å²) in [4.78, 5) is 0. The number of alkyl halides is 2. The van der Waals surface area contributed by atoms with Crippen molar-refractivity contribution in [2.24, 2.45) is 5.92 Å². The number of benzene rings is 3. The van der Waals surface area contributed by atoms with Gasteiger partial charge >= 0.3 is 6.61 Å². The molecule has 0 N–H and O–H groups in total. The molecule has 0 aliphatic heterocycles. The van der Waals surface area contributed by atoms with Crippen LogP contribution in [0.25, 0.3) is 21.9 Å². The monoisotopic (exact) mass is 394 g/mol. The van der Waals surface area contributed by atoms with Crippen LogP contribution in [0.5, 0.6) is 5.75 Å². The molecule has 3 aromatic carbocycles. The Morgan fingerprint density at radius 1 is 0.828 bits per heavy atom. The molecule has 0 bridgehead atoms. The quantitative estimate of drug-likeness (QED) is 0.409. The third kappa shape index (κ3) is 4.77. The van der Waals surface area contributed by atoms with Gasteiger partial charge in [-0.25, -0.2) is 0 Å². The van der Waals surface area contributed by atoms with Gasteiger partial charge in [-0.2, -0.15) is 8.78 Å². The fraction of sp³-hybridized carbons (Fsp3) is 0.385. The van der Waals surface area contributed by atoms with Crippen molar-refractivity contribution >= 4 is 10.8 Å². The van der Waals surface area contributed by atoms with Crippen molar-refractivity contribution in [3.8, 4) is 16.9 Å². The third-order valence-corrected chi connectivity index (χ3v) is 6.29. The van der Waals surface area contributed by atoms with E-state index in [1.807, 2.05) is 12.1 Å². The lowest BCUT2D eigenvalue weighted by Crippen LogP contribution is -2.13. The molecule has 3 aromatic rings. The maximum absolute atomic E-state index is 12.3. The summed E-state index contributed by atoms with van der Waals surface area (Å²) in [6.07, 6.45) is 8.02. The molecule has 1 fully saturated rings. The zero-order valence-corrected chi connectivity index (χ0v) is 16.9. The summed E-state index contributed by atoms with van der Waals surface area (Å²) in [5, 5.41) is 2.47. The first-order chi connectivity index (χ1) is 14.1. The molecule has 1 aliphatic carbocycles. The number of rotatable bonds is 6. The van der Waals surface area contributed by atoms with Crippen LogP contribution in [-0.2, 0) is 0 Å². The van der Waals surface area contributed by atoms with Gasteiger partial charge in [0.2, 0.25) is 0 Å². The van der Waals surface area contributed by atoms with Gasteiger partial charge in [0.15, 0.2) is 0 Å². The Morgan fingerprint density at radius 2 is 1.48 bits per heavy atom. The van der Waals surface area contributed by atoms with Crippen LogP contribution < -0.4 is 4.74 Å². The summed E-state index contributed by atoms with van der Waals surface area (Å²) < 4.78 is 29.1. The first-order valence-corrected chi connectivity index (χ1v) is 10.7. The molecular weight excluding hydrogens is 366 g/mol. The van der Waals surface area contributed by atoms with E-state index in [2.05, 4.69) is 48.1 Å². The Balaban J connectivity index is 1.50. The van der Waals surface area contributed by atoms with Crippen molar-refractivity contribution in [3.05, 3.63) is 66.2 Å². The van der Waals surface area contributed by atoms with Crippen LogP contribution in [0.1, 0.15) is 56.9 Å². The smallest absolute Gasteiger partial charge is 0.387 e. The van der Waals surface area contributed by atoms with Crippen molar-refractivity contribution in [2.75, 3.05) is 0 Å². The van der Waals surface area contributed by atoms with Crippen molar-refractivity contribution in [1.29, 1.82) is 0 Å². The van der Waals surface area contributed by atoms with Gasteiger partial charge < -0.3 is 4.74 Å². The second-order valence-corrected chi connectivity index (χ2v) is 8.23. The number of hydrogen-bond donors (Lipinski definition) is 0. The molecule has 1 aliphatic rings. The molecule has 0 radical (unpaired) electrons. The largest absolute Gasteiger partial charge is 0.435 e. The fourth-order valence-corrected chi connectivity index (χ4v) is 4.72. The normalized spacial score (nSPS) is 19.6. The highest BCUT2D eigenvalue weighted by Crippen LogP contribution is 2.38. The second kappa shape index (κ2) is 8.94. The summed E-state index contributed by atoms with van der Waals surface area (Å²) in [6, 6.07) is 20.1. The van der Waals surface area contributed by atoms with Gasteiger partial charge in [-0.1, -0.05) is 62.2 Å². The SMILES string of the molecule is CCCC1CCC(c2ccc3cc(-c4ccc(OC(F)F)cc4)ccc3c2)CC1. The molecule has 0 heterocycles. The van der Waals surface area contributed by atoms with Crippen LogP contribution in [0.4, 0.5) is 8.78 Å². The Morgan fingerprint density at radius 3 is 2.17 bits per heavy atom. The number of ether oxygens (including phenoxy) is 1. The highest BCUT2D eigenvalue weighted by molar-refractivity contribution is 5.88. The average Bonchev–Trinajstić information content (AvgIpc) is 2.74. The van der Waals surface area contributed by atoms with Gasteiger partial charge in [0.05, 0.1) is 0 Å². The molecule has 29 heavy (non-hydrogen) atoms. The predicted octanol–water partition coefficient (Wildman–Crippen LogP) is 8.18. The zero-order chi connectivity index (χ0) is 20.2. The molecule has 0 aromatic heterocycles. The van der Waals surface area contributed by atoms with Gasteiger partial charge in [0.1, 0.15) is 5.75 Å². The van der Waals surface area contributed by atoms with Crippen molar-refractivity contribution in [1.82, 2.24) is 0 Å². The van der Waals surface area contributed by atoms with Crippen LogP contribution in [-0.4, -0.2) is 6.61 Å². The average molecular weight is 395 g/mol. The van der Waals surface area contributed by atoms with Gasteiger partial charge in [-0.05, 0) is 83.2 Å². The van der Waals surface area contributed by atoms with Crippen LogP contribution in [0.2, 0.25) is 0 Å². The minimum Gasteiger partial charge on any atom is -0.435 e.